The third-order valence-corrected chi connectivity index (χ3v) is 6.51. The molecule has 0 unspecified atom stereocenters. The maximum Gasteiger partial charge on any atom is 0.248 e. The molecule has 0 aromatic carbocycles. The number of aromatic nitrogens is 1. The molecule has 26 heavy (non-hydrogen) atoms. The Hall–Kier alpha value is -1.43. The van der Waals surface area contributed by atoms with Gasteiger partial charge in [-0.05, 0) is 62.3 Å². The van der Waals surface area contributed by atoms with Crippen LogP contribution in [0.2, 0.25) is 0 Å². The number of pyridine rings is 1. The molecule has 0 atom stereocenters. The molecule has 1 aromatic heterocycles. The van der Waals surface area contributed by atoms with Gasteiger partial charge in [0.2, 0.25) is 5.95 Å². The number of rotatable bonds is 4. The second-order valence-electron chi connectivity index (χ2n) is 8.30. The fourth-order valence-electron chi connectivity index (χ4n) is 4.85. The molecule has 1 heterocycles. The van der Waals surface area contributed by atoms with Crippen LogP contribution in [0.5, 0.6) is 0 Å². The van der Waals surface area contributed by atoms with Crippen LogP contribution >= 0.6 is 0 Å². The summed E-state index contributed by atoms with van der Waals surface area (Å²) < 4.78 is 26.1. The third kappa shape index (κ3) is 5.29. The molecule has 3 heteroatoms. The van der Waals surface area contributed by atoms with E-state index in [9.17, 15) is 8.78 Å². The van der Waals surface area contributed by atoms with Gasteiger partial charge in [0.05, 0.1) is 0 Å². The summed E-state index contributed by atoms with van der Waals surface area (Å²) in [5.74, 6) is 7.45. The molecule has 0 aliphatic heterocycles. The van der Waals surface area contributed by atoms with Crippen molar-refractivity contribution in [2.45, 2.75) is 77.6 Å². The van der Waals surface area contributed by atoms with Crippen molar-refractivity contribution in [3.8, 4) is 11.8 Å². The van der Waals surface area contributed by atoms with Gasteiger partial charge >= 0.3 is 0 Å². The van der Waals surface area contributed by atoms with Crippen molar-refractivity contribution in [2.24, 2.45) is 23.7 Å². The zero-order valence-electron chi connectivity index (χ0n) is 15.9. The van der Waals surface area contributed by atoms with E-state index in [4.69, 9.17) is 0 Å². The van der Waals surface area contributed by atoms with E-state index in [1.54, 1.807) is 0 Å². The first-order valence-corrected chi connectivity index (χ1v) is 10.5. The molecule has 0 N–H and O–H groups in total. The average Bonchev–Trinajstić information content (AvgIpc) is 2.68. The Bertz CT molecular complexity index is 629. The molecule has 0 saturated heterocycles. The summed E-state index contributed by atoms with van der Waals surface area (Å²) >= 11 is 0. The summed E-state index contributed by atoms with van der Waals surface area (Å²) in [4.78, 5) is 3.40. The lowest BCUT2D eigenvalue weighted by atomic mass is 9.69. The van der Waals surface area contributed by atoms with Crippen molar-refractivity contribution >= 4 is 0 Å². The van der Waals surface area contributed by atoms with Crippen LogP contribution in [0.25, 0.3) is 0 Å². The Balaban J connectivity index is 1.43. The van der Waals surface area contributed by atoms with Gasteiger partial charge in [0.15, 0.2) is 5.82 Å². The van der Waals surface area contributed by atoms with Gasteiger partial charge in [-0.25, -0.2) is 9.37 Å². The smallest absolute Gasteiger partial charge is 0.224 e. The van der Waals surface area contributed by atoms with E-state index in [1.807, 2.05) is 0 Å². The number of unbranched alkanes of at least 4 members (excludes halogenated alkanes) is 1. The highest BCUT2D eigenvalue weighted by Gasteiger charge is 2.30. The van der Waals surface area contributed by atoms with E-state index in [1.165, 1.54) is 64.0 Å². The first kappa shape index (κ1) is 19.3. The van der Waals surface area contributed by atoms with Gasteiger partial charge in [-0.15, -0.1) is 0 Å². The minimum Gasteiger partial charge on any atom is -0.224 e. The van der Waals surface area contributed by atoms with Crippen LogP contribution in [0.3, 0.4) is 0 Å². The maximum absolute atomic E-state index is 13.2. The highest BCUT2D eigenvalue weighted by molar-refractivity contribution is 5.32. The molecule has 0 amide bonds. The Morgan fingerprint density at radius 2 is 1.65 bits per heavy atom. The average molecular weight is 360 g/mol. The predicted octanol–water partition coefficient (Wildman–Crippen LogP) is 6.51. The third-order valence-electron chi connectivity index (χ3n) is 6.51. The van der Waals surface area contributed by atoms with Crippen LogP contribution in [-0.4, -0.2) is 4.98 Å². The molecule has 1 nitrogen and oxygen atoms in total. The van der Waals surface area contributed by atoms with Gasteiger partial charge in [0.25, 0.3) is 0 Å². The Morgan fingerprint density at radius 1 is 1.00 bits per heavy atom. The van der Waals surface area contributed by atoms with Crippen molar-refractivity contribution in [3.63, 3.8) is 0 Å². The molecule has 2 fully saturated rings. The molecule has 1 aromatic rings. The van der Waals surface area contributed by atoms with Gasteiger partial charge in [0.1, 0.15) is 0 Å². The van der Waals surface area contributed by atoms with Crippen LogP contribution in [0.1, 0.15) is 83.1 Å². The second kappa shape index (κ2) is 9.49. The van der Waals surface area contributed by atoms with Crippen molar-refractivity contribution < 1.29 is 8.78 Å². The summed E-state index contributed by atoms with van der Waals surface area (Å²) in [6.07, 6.45) is 16.0. The molecule has 2 aliphatic rings. The van der Waals surface area contributed by atoms with Crippen LogP contribution in [-0.2, 0) is 0 Å². The van der Waals surface area contributed by atoms with E-state index in [2.05, 4.69) is 23.7 Å². The van der Waals surface area contributed by atoms with Crippen LogP contribution in [0, 0.1) is 47.3 Å². The number of halogens is 2. The second-order valence-corrected chi connectivity index (χ2v) is 8.30. The Labute approximate surface area is 157 Å². The predicted molar refractivity (Wildman–Crippen MR) is 101 cm³/mol. The first-order chi connectivity index (χ1) is 12.7. The van der Waals surface area contributed by atoms with Gasteiger partial charge in [-0.1, -0.05) is 50.9 Å². The van der Waals surface area contributed by atoms with Crippen LogP contribution < -0.4 is 0 Å². The summed E-state index contributed by atoms with van der Waals surface area (Å²) in [5.41, 5.74) is 0.469. The highest BCUT2D eigenvalue weighted by Crippen LogP contribution is 2.42. The lowest BCUT2D eigenvalue weighted by Crippen LogP contribution is -2.25. The minimum atomic E-state index is -1.06. The van der Waals surface area contributed by atoms with E-state index in [-0.39, 0.29) is 0 Å². The van der Waals surface area contributed by atoms with Gasteiger partial charge in [0, 0.05) is 17.7 Å². The summed E-state index contributed by atoms with van der Waals surface area (Å²) in [7, 11) is 0. The van der Waals surface area contributed by atoms with Crippen LogP contribution in [0.4, 0.5) is 8.78 Å². The minimum absolute atomic E-state index is 0.389. The Kier molecular flexibility index (Phi) is 7.06. The Morgan fingerprint density at radius 3 is 2.27 bits per heavy atom. The topological polar surface area (TPSA) is 12.9 Å². The van der Waals surface area contributed by atoms with E-state index >= 15 is 0 Å². The quantitative estimate of drug-likeness (QED) is 0.441. The zero-order valence-corrected chi connectivity index (χ0v) is 15.9. The maximum atomic E-state index is 13.2. The van der Waals surface area contributed by atoms with Gasteiger partial charge in [-0.3, -0.25) is 0 Å². The van der Waals surface area contributed by atoms with Crippen molar-refractivity contribution in [2.75, 3.05) is 0 Å². The fourth-order valence-corrected chi connectivity index (χ4v) is 4.85. The summed E-state index contributed by atoms with van der Waals surface area (Å²) in [6, 6.07) is 1.14. The normalized spacial score (nSPS) is 29.0. The lowest BCUT2D eigenvalue weighted by molar-refractivity contribution is 0.153. The fraction of sp³-hybridized carbons (Fsp3) is 0.696. The van der Waals surface area contributed by atoms with E-state index < -0.39 is 11.8 Å². The molecule has 2 aliphatic carbocycles. The lowest BCUT2D eigenvalue weighted by Gasteiger charge is -2.37. The van der Waals surface area contributed by atoms with Gasteiger partial charge in [-0.2, -0.15) is 4.39 Å². The molecule has 3 rings (SSSR count). The molecular weight excluding hydrogens is 328 g/mol. The molecule has 0 spiro atoms. The molecule has 2 saturated carbocycles. The van der Waals surface area contributed by atoms with Crippen molar-refractivity contribution in [1.82, 2.24) is 4.98 Å². The largest absolute Gasteiger partial charge is 0.248 e. The van der Waals surface area contributed by atoms with Crippen LogP contribution in [0.15, 0.2) is 12.3 Å². The van der Waals surface area contributed by atoms with E-state index in [0.717, 1.165) is 36.7 Å². The number of nitrogens with zero attached hydrogens (tertiary/aromatic N) is 1. The molecule has 142 valence electrons. The van der Waals surface area contributed by atoms with E-state index in [0.29, 0.717) is 11.5 Å². The SMILES string of the molecule is CCCC[C@H]1CC[C@H](C2CCC(C#Cc3cnc(F)c(F)c3)CC2)CC1. The number of hydrogen-bond acceptors (Lipinski definition) is 1. The summed E-state index contributed by atoms with van der Waals surface area (Å²) in [5, 5.41) is 0. The number of hydrogen-bond donors (Lipinski definition) is 0. The van der Waals surface area contributed by atoms with Crippen molar-refractivity contribution in [3.05, 3.63) is 29.6 Å². The monoisotopic (exact) mass is 359 g/mol. The summed E-state index contributed by atoms with van der Waals surface area (Å²) in [6.45, 7) is 2.29. The first-order valence-electron chi connectivity index (χ1n) is 10.5. The highest BCUT2D eigenvalue weighted by atomic mass is 19.2. The standard InChI is InChI=1S/C23H31F2N/c1-2-3-4-17-7-11-20(12-8-17)21-13-9-18(10-14-21)5-6-19-15-22(24)23(25)26-16-19/h15-18,20-21H,2-4,7-14H2,1H3/t17-,18?,20-,21?. The molecule has 0 radical (unpaired) electrons. The molecular formula is C23H31F2N. The van der Waals surface area contributed by atoms with Crippen molar-refractivity contribution in [1.29, 1.82) is 0 Å². The van der Waals surface area contributed by atoms with Gasteiger partial charge < -0.3 is 0 Å². The molecule has 0 bridgehead atoms. The zero-order chi connectivity index (χ0) is 18.4.